The van der Waals surface area contributed by atoms with Crippen LogP contribution < -0.4 is 10.6 Å². The fourth-order valence-electron chi connectivity index (χ4n) is 2.86. The molecule has 7 heteroatoms. The van der Waals surface area contributed by atoms with E-state index in [9.17, 15) is 0 Å². The number of ether oxygens (including phenoxy) is 1. The van der Waals surface area contributed by atoms with Gasteiger partial charge in [0, 0.05) is 38.2 Å². The highest BCUT2D eigenvalue weighted by molar-refractivity contribution is 14.0. The average Bonchev–Trinajstić information content (AvgIpc) is 2.61. The predicted octanol–water partition coefficient (Wildman–Crippen LogP) is 3.30. The Bertz CT molecular complexity index is 524. The number of aliphatic imine (C=N–C) groups is 1. The number of rotatable bonds is 7. The van der Waals surface area contributed by atoms with Crippen LogP contribution in [0.4, 0.5) is 0 Å². The SMILES string of the molecule is CCCCNC(=NC)NCC(c1cccc(Cl)c1)N1CCOCC1.I. The molecule has 1 aliphatic heterocycles. The summed E-state index contributed by atoms with van der Waals surface area (Å²) in [5.74, 6) is 0.851. The normalized spacial score (nSPS) is 16.8. The smallest absolute Gasteiger partial charge is 0.191 e. The van der Waals surface area contributed by atoms with E-state index in [2.05, 4.69) is 39.6 Å². The van der Waals surface area contributed by atoms with Gasteiger partial charge in [0.2, 0.25) is 0 Å². The Balaban J connectivity index is 0.00000312. The Kier molecular flexibility index (Phi) is 11.4. The molecule has 1 unspecified atom stereocenters. The van der Waals surface area contributed by atoms with Gasteiger partial charge in [0.25, 0.3) is 0 Å². The summed E-state index contributed by atoms with van der Waals surface area (Å²) in [7, 11) is 1.81. The van der Waals surface area contributed by atoms with Gasteiger partial charge in [-0.25, -0.2) is 0 Å². The lowest BCUT2D eigenvalue weighted by atomic mass is 10.0. The van der Waals surface area contributed by atoms with Crippen molar-refractivity contribution >= 4 is 41.5 Å². The highest BCUT2D eigenvalue weighted by Crippen LogP contribution is 2.23. The lowest BCUT2D eigenvalue weighted by Gasteiger charge is -2.35. The van der Waals surface area contributed by atoms with Crippen molar-refractivity contribution in [3.63, 3.8) is 0 Å². The number of hydrogen-bond donors (Lipinski definition) is 2. The van der Waals surface area contributed by atoms with Gasteiger partial charge in [0.15, 0.2) is 5.96 Å². The van der Waals surface area contributed by atoms with Crippen molar-refractivity contribution in [2.24, 2.45) is 4.99 Å². The molecule has 0 saturated carbocycles. The Hall–Kier alpha value is -0.570. The third kappa shape index (κ3) is 7.68. The zero-order valence-electron chi connectivity index (χ0n) is 15.1. The molecule has 0 amide bonds. The summed E-state index contributed by atoms with van der Waals surface area (Å²) in [4.78, 5) is 6.76. The van der Waals surface area contributed by atoms with Gasteiger partial charge in [0.05, 0.1) is 19.3 Å². The van der Waals surface area contributed by atoms with Crippen LogP contribution in [0.25, 0.3) is 0 Å². The van der Waals surface area contributed by atoms with Crippen LogP contribution >= 0.6 is 35.6 Å². The summed E-state index contributed by atoms with van der Waals surface area (Å²) in [5.41, 5.74) is 1.22. The van der Waals surface area contributed by atoms with E-state index in [0.29, 0.717) is 0 Å². The molecule has 2 rings (SSSR count). The van der Waals surface area contributed by atoms with E-state index in [0.717, 1.165) is 56.8 Å². The van der Waals surface area contributed by atoms with Gasteiger partial charge >= 0.3 is 0 Å². The summed E-state index contributed by atoms with van der Waals surface area (Å²) in [5, 5.41) is 7.59. The maximum absolute atomic E-state index is 6.20. The average molecular weight is 481 g/mol. The molecular formula is C18H30ClIN4O. The first-order valence-corrected chi connectivity index (χ1v) is 9.14. The monoisotopic (exact) mass is 480 g/mol. The molecule has 1 fully saturated rings. The fraction of sp³-hybridized carbons (Fsp3) is 0.611. The Morgan fingerprint density at radius 2 is 2.08 bits per heavy atom. The largest absolute Gasteiger partial charge is 0.379 e. The molecule has 1 aromatic rings. The zero-order chi connectivity index (χ0) is 17.2. The van der Waals surface area contributed by atoms with E-state index in [1.165, 1.54) is 12.0 Å². The van der Waals surface area contributed by atoms with Gasteiger partial charge in [-0.15, -0.1) is 24.0 Å². The van der Waals surface area contributed by atoms with Gasteiger partial charge in [-0.05, 0) is 24.1 Å². The van der Waals surface area contributed by atoms with E-state index in [-0.39, 0.29) is 30.0 Å². The molecular weight excluding hydrogens is 451 g/mol. The molecule has 25 heavy (non-hydrogen) atoms. The highest BCUT2D eigenvalue weighted by atomic mass is 127. The van der Waals surface area contributed by atoms with Crippen LogP contribution in [0, 0.1) is 0 Å². The number of hydrogen-bond acceptors (Lipinski definition) is 3. The Morgan fingerprint density at radius 1 is 1.32 bits per heavy atom. The first kappa shape index (κ1) is 22.5. The van der Waals surface area contributed by atoms with Crippen LogP contribution in [-0.4, -0.2) is 57.3 Å². The standard InChI is InChI=1S/C18H29ClN4O.HI/c1-3-4-8-21-18(20-2)22-14-17(23-9-11-24-12-10-23)15-6-5-7-16(19)13-15;/h5-7,13,17H,3-4,8-12,14H2,1-2H3,(H2,20,21,22);1H. The number of nitrogens with zero attached hydrogens (tertiary/aromatic N) is 2. The fourth-order valence-corrected chi connectivity index (χ4v) is 3.06. The molecule has 2 N–H and O–H groups in total. The summed E-state index contributed by atoms with van der Waals surface area (Å²) < 4.78 is 5.50. The number of halogens is 2. The molecule has 0 aliphatic carbocycles. The molecule has 1 saturated heterocycles. The zero-order valence-corrected chi connectivity index (χ0v) is 18.2. The Morgan fingerprint density at radius 3 is 2.72 bits per heavy atom. The minimum atomic E-state index is 0. The molecule has 1 aliphatic rings. The van der Waals surface area contributed by atoms with Gasteiger partial charge in [-0.2, -0.15) is 0 Å². The predicted molar refractivity (Wildman–Crippen MR) is 116 cm³/mol. The third-order valence-corrected chi connectivity index (χ3v) is 4.46. The first-order valence-electron chi connectivity index (χ1n) is 8.76. The van der Waals surface area contributed by atoms with Crippen molar-refractivity contribution < 1.29 is 4.74 Å². The van der Waals surface area contributed by atoms with E-state index in [4.69, 9.17) is 16.3 Å². The van der Waals surface area contributed by atoms with Crippen molar-refractivity contribution in [3.8, 4) is 0 Å². The first-order chi connectivity index (χ1) is 11.7. The number of benzene rings is 1. The van der Waals surface area contributed by atoms with Gasteiger partial charge in [-0.1, -0.05) is 37.1 Å². The summed E-state index contributed by atoms with van der Waals surface area (Å²) in [6, 6.07) is 8.37. The molecule has 142 valence electrons. The van der Waals surface area contributed by atoms with Crippen molar-refractivity contribution in [1.29, 1.82) is 0 Å². The molecule has 1 atom stereocenters. The van der Waals surface area contributed by atoms with Crippen molar-refractivity contribution in [2.75, 3.05) is 46.4 Å². The number of nitrogens with one attached hydrogen (secondary N) is 2. The van der Waals surface area contributed by atoms with Crippen molar-refractivity contribution in [1.82, 2.24) is 15.5 Å². The molecule has 0 radical (unpaired) electrons. The van der Waals surface area contributed by atoms with Gasteiger partial charge < -0.3 is 15.4 Å². The van der Waals surface area contributed by atoms with Crippen LogP contribution in [0.15, 0.2) is 29.3 Å². The summed E-state index contributed by atoms with van der Waals surface area (Å²) in [6.07, 6.45) is 2.31. The van der Waals surface area contributed by atoms with Crippen LogP contribution in [0.5, 0.6) is 0 Å². The molecule has 1 heterocycles. The summed E-state index contributed by atoms with van der Waals surface area (Å²) in [6.45, 7) is 7.33. The van der Waals surface area contributed by atoms with E-state index >= 15 is 0 Å². The van der Waals surface area contributed by atoms with E-state index in [1.807, 2.05) is 19.2 Å². The van der Waals surface area contributed by atoms with Crippen molar-refractivity contribution in [3.05, 3.63) is 34.9 Å². The number of unbranched alkanes of at least 4 members (excludes halogenated alkanes) is 1. The van der Waals surface area contributed by atoms with Crippen LogP contribution in [-0.2, 0) is 4.74 Å². The molecule has 5 nitrogen and oxygen atoms in total. The van der Waals surface area contributed by atoms with Crippen LogP contribution in [0.3, 0.4) is 0 Å². The maximum atomic E-state index is 6.20. The second kappa shape index (κ2) is 12.7. The molecule has 0 bridgehead atoms. The second-order valence-corrected chi connectivity index (χ2v) is 6.39. The number of morpholine rings is 1. The molecule has 0 spiro atoms. The topological polar surface area (TPSA) is 48.9 Å². The third-order valence-electron chi connectivity index (χ3n) is 4.23. The van der Waals surface area contributed by atoms with Crippen LogP contribution in [0.1, 0.15) is 31.4 Å². The summed E-state index contributed by atoms with van der Waals surface area (Å²) >= 11 is 6.20. The second-order valence-electron chi connectivity index (χ2n) is 5.95. The van der Waals surface area contributed by atoms with Crippen molar-refractivity contribution in [2.45, 2.75) is 25.8 Å². The minimum Gasteiger partial charge on any atom is -0.379 e. The lowest BCUT2D eigenvalue weighted by molar-refractivity contribution is 0.0170. The number of guanidine groups is 1. The molecule has 1 aromatic carbocycles. The van der Waals surface area contributed by atoms with Gasteiger partial charge in [0.1, 0.15) is 0 Å². The quantitative estimate of drug-likeness (QED) is 0.272. The van der Waals surface area contributed by atoms with E-state index in [1.54, 1.807) is 0 Å². The van der Waals surface area contributed by atoms with E-state index < -0.39 is 0 Å². The highest BCUT2D eigenvalue weighted by Gasteiger charge is 2.23. The Labute approximate surface area is 173 Å². The minimum absolute atomic E-state index is 0. The molecule has 0 aromatic heterocycles. The maximum Gasteiger partial charge on any atom is 0.191 e. The van der Waals surface area contributed by atoms with Crippen LogP contribution in [0.2, 0.25) is 5.02 Å². The lowest BCUT2D eigenvalue weighted by Crippen LogP contribution is -2.46. The van der Waals surface area contributed by atoms with Gasteiger partial charge in [-0.3, -0.25) is 9.89 Å².